The number of ether oxygens (including phenoxy) is 1. The molecule has 1 aromatic carbocycles. The Bertz CT molecular complexity index is 741. The summed E-state index contributed by atoms with van der Waals surface area (Å²) >= 11 is 0. The number of rotatable bonds is 2. The number of nitrogens with zero attached hydrogens (tertiary/aromatic N) is 2. The van der Waals surface area contributed by atoms with Gasteiger partial charge in [-0.25, -0.2) is 4.39 Å². The van der Waals surface area contributed by atoms with Crippen LogP contribution in [0.25, 0.3) is 0 Å². The quantitative estimate of drug-likeness (QED) is 0.849. The lowest BCUT2D eigenvalue weighted by Crippen LogP contribution is -2.42. The van der Waals surface area contributed by atoms with Crippen LogP contribution < -0.4 is 0 Å². The lowest BCUT2D eigenvalue weighted by Gasteiger charge is -2.33. The van der Waals surface area contributed by atoms with E-state index in [1.54, 1.807) is 17.0 Å². The molecule has 0 spiro atoms. The molecule has 126 valence electrons. The van der Waals surface area contributed by atoms with Gasteiger partial charge in [-0.15, -0.1) is 0 Å². The third kappa shape index (κ3) is 2.82. The van der Waals surface area contributed by atoms with Crippen LogP contribution in [-0.4, -0.2) is 35.7 Å². The van der Waals surface area contributed by atoms with Crippen LogP contribution in [0.3, 0.4) is 0 Å². The fourth-order valence-electron chi connectivity index (χ4n) is 3.42. The van der Waals surface area contributed by atoms with Gasteiger partial charge in [-0.05, 0) is 37.0 Å². The van der Waals surface area contributed by atoms with Crippen molar-refractivity contribution < 1.29 is 18.4 Å². The number of hydrogen-bond acceptors (Lipinski definition) is 4. The molecule has 0 radical (unpaired) electrons. The number of morpholine rings is 1. The van der Waals surface area contributed by atoms with Crippen LogP contribution in [0.2, 0.25) is 0 Å². The van der Waals surface area contributed by atoms with Crippen molar-refractivity contribution in [3.8, 4) is 0 Å². The Labute approximate surface area is 139 Å². The third-order valence-corrected chi connectivity index (χ3v) is 4.75. The largest absolute Gasteiger partial charge is 0.370 e. The van der Waals surface area contributed by atoms with Crippen molar-refractivity contribution in [2.75, 3.05) is 19.7 Å². The third-order valence-electron chi connectivity index (χ3n) is 4.75. The van der Waals surface area contributed by atoms with E-state index in [0.29, 0.717) is 25.4 Å². The van der Waals surface area contributed by atoms with Crippen molar-refractivity contribution in [2.24, 2.45) is 0 Å². The van der Waals surface area contributed by atoms with Crippen molar-refractivity contribution in [1.29, 1.82) is 0 Å². The van der Waals surface area contributed by atoms with Crippen LogP contribution in [0.4, 0.5) is 4.39 Å². The van der Waals surface area contributed by atoms with Gasteiger partial charge < -0.3 is 14.2 Å². The van der Waals surface area contributed by atoms with Gasteiger partial charge in [-0.2, -0.15) is 0 Å². The summed E-state index contributed by atoms with van der Waals surface area (Å²) < 4.78 is 24.2. The maximum atomic E-state index is 13.1. The van der Waals surface area contributed by atoms with E-state index in [0.717, 1.165) is 42.6 Å². The lowest BCUT2D eigenvalue weighted by molar-refractivity contribution is -0.0231. The molecule has 5 nitrogen and oxygen atoms in total. The molecule has 2 aliphatic rings. The zero-order chi connectivity index (χ0) is 16.5. The van der Waals surface area contributed by atoms with Gasteiger partial charge in [-0.3, -0.25) is 4.79 Å². The molecule has 1 aliphatic heterocycles. The zero-order valence-corrected chi connectivity index (χ0v) is 13.3. The Balaban J connectivity index is 1.52. The van der Waals surface area contributed by atoms with Crippen LogP contribution in [0, 0.1) is 5.82 Å². The van der Waals surface area contributed by atoms with E-state index in [2.05, 4.69) is 5.16 Å². The molecule has 4 rings (SSSR count). The normalized spacial score (nSPS) is 20.7. The Morgan fingerprint density at radius 1 is 1.21 bits per heavy atom. The summed E-state index contributed by atoms with van der Waals surface area (Å²) in [5, 5.41) is 4.03. The molecule has 1 atom stereocenters. The SMILES string of the molecule is O=C(c1noc2c1CCCC2)N1CCO[C@H](c2ccc(F)cc2)C1. The van der Waals surface area contributed by atoms with Crippen molar-refractivity contribution in [2.45, 2.75) is 31.8 Å². The number of aryl methyl sites for hydroxylation is 1. The highest BCUT2D eigenvalue weighted by Gasteiger charge is 2.31. The predicted molar refractivity (Wildman–Crippen MR) is 84.1 cm³/mol. The van der Waals surface area contributed by atoms with Gasteiger partial charge in [0.15, 0.2) is 5.69 Å². The maximum absolute atomic E-state index is 13.1. The summed E-state index contributed by atoms with van der Waals surface area (Å²) in [6.07, 6.45) is 3.62. The van der Waals surface area contributed by atoms with Crippen molar-refractivity contribution >= 4 is 5.91 Å². The molecule has 2 heterocycles. The number of aromatic nitrogens is 1. The first kappa shape index (κ1) is 15.3. The maximum Gasteiger partial charge on any atom is 0.276 e. The topological polar surface area (TPSA) is 55.6 Å². The van der Waals surface area contributed by atoms with Crippen LogP contribution in [0.5, 0.6) is 0 Å². The lowest BCUT2D eigenvalue weighted by atomic mass is 9.96. The van der Waals surface area contributed by atoms with Gasteiger partial charge in [-0.1, -0.05) is 17.3 Å². The fraction of sp³-hybridized carbons (Fsp3) is 0.444. The molecule has 1 fully saturated rings. The monoisotopic (exact) mass is 330 g/mol. The van der Waals surface area contributed by atoms with Gasteiger partial charge in [0.2, 0.25) is 0 Å². The number of carbonyl (C=O) groups is 1. The Kier molecular flexibility index (Phi) is 4.06. The molecule has 0 unspecified atom stereocenters. The first-order valence-corrected chi connectivity index (χ1v) is 8.36. The van der Waals surface area contributed by atoms with Crippen molar-refractivity contribution in [3.05, 3.63) is 52.7 Å². The summed E-state index contributed by atoms with van der Waals surface area (Å²) in [7, 11) is 0. The van der Waals surface area contributed by atoms with E-state index >= 15 is 0 Å². The number of carbonyl (C=O) groups excluding carboxylic acids is 1. The Hall–Kier alpha value is -2.21. The smallest absolute Gasteiger partial charge is 0.276 e. The molecule has 1 saturated heterocycles. The van der Waals surface area contributed by atoms with E-state index in [9.17, 15) is 9.18 Å². The highest BCUT2D eigenvalue weighted by atomic mass is 19.1. The molecule has 2 aromatic rings. The number of halogens is 1. The minimum absolute atomic E-state index is 0.0997. The first-order valence-electron chi connectivity index (χ1n) is 8.36. The van der Waals surface area contributed by atoms with Crippen molar-refractivity contribution in [1.82, 2.24) is 10.1 Å². The second kappa shape index (κ2) is 6.36. The van der Waals surface area contributed by atoms with E-state index in [4.69, 9.17) is 9.26 Å². The molecule has 1 aromatic heterocycles. The molecule has 0 N–H and O–H groups in total. The first-order chi connectivity index (χ1) is 11.7. The Morgan fingerprint density at radius 3 is 2.83 bits per heavy atom. The highest BCUT2D eigenvalue weighted by Crippen LogP contribution is 2.27. The zero-order valence-electron chi connectivity index (χ0n) is 13.3. The van der Waals surface area contributed by atoms with E-state index < -0.39 is 0 Å². The summed E-state index contributed by atoms with van der Waals surface area (Å²) in [6.45, 7) is 1.41. The predicted octanol–water partition coefficient (Wildman–Crippen LogP) is 2.91. The number of benzene rings is 1. The minimum Gasteiger partial charge on any atom is -0.370 e. The molecule has 0 bridgehead atoms. The standard InChI is InChI=1S/C18H19FN2O3/c19-13-7-5-12(6-8-13)16-11-21(9-10-23-16)18(22)17-14-3-1-2-4-15(14)24-20-17/h5-8,16H,1-4,9-11H2/t16-/m0/s1. The van der Waals surface area contributed by atoms with Crippen LogP contribution >= 0.6 is 0 Å². The van der Waals surface area contributed by atoms with E-state index in [1.165, 1.54) is 12.1 Å². The summed E-state index contributed by atoms with van der Waals surface area (Å²) in [5.41, 5.74) is 2.29. The second-order valence-corrected chi connectivity index (χ2v) is 6.30. The van der Waals surface area contributed by atoms with Gasteiger partial charge in [0, 0.05) is 18.5 Å². The van der Waals surface area contributed by atoms with Gasteiger partial charge in [0.05, 0.1) is 13.2 Å². The highest BCUT2D eigenvalue weighted by molar-refractivity contribution is 5.94. The molecule has 24 heavy (non-hydrogen) atoms. The molecule has 6 heteroatoms. The summed E-state index contributed by atoms with van der Waals surface area (Å²) in [5.74, 6) is 0.474. The van der Waals surface area contributed by atoms with Gasteiger partial charge in [0.1, 0.15) is 17.7 Å². The average Bonchev–Trinajstić information content (AvgIpc) is 3.06. The molecular formula is C18H19FN2O3. The van der Waals surface area contributed by atoms with Crippen LogP contribution in [0.15, 0.2) is 28.8 Å². The summed E-state index contributed by atoms with van der Waals surface area (Å²) in [4.78, 5) is 14.6. The molecule has 0 saturated carbocycles. The summed E-state index contributed by atoms with van der Waals surface area (Å²) in [6, 6.07) is 6.22. The number of amides is 1. The minimum atomic E-state index is -0.281. The number of fused-ring (bicyclic) bond motifs is 1. The van der Waals surface area contributed by atoms with Crippen LogP contribution in [-0.2, 0) is 17.6 Å². The van der Waals surface area contributed by atoms with E-state index in [-0.39, 0.29) is 17.8 Å². The molecular weight excluding hydrogens is 311 g/mol. The number of hydrogen-bond donors (Lipinski definition) is 0. The van der Waals surface area contributed by atoms with Crippen molar-refractivity contribution in [3.63, 3.8) is 0 Å². The van der Waals surface area contributed by atoms with Gasteiger partial charge >= 0.3 is 0 Å². The Morgan fingerprint density at radius 2 is 2.00 bits per heavy atom. The molecule has 1 aliphatic carbocycles. The second-order valence-electron chi connectivity index (χ2n) is 6.30. The molecule has 1 amide bonds. The van der Waals surface area contributed by atoms with E-state index in [1.807, 2.05) is 0 Å². The fourth-order valence-corrected chi connectivity index (χ4v) is 3.42. The van der Waals surface area contributed by atoms with Gasteiger partial charge in [0.25, 0.3) is 5.91 Å². The van der Waals surface area contributed by atoms with Crippen LogP contribution in [0.1, 0.15) is 46.3 Å². The average molecular weight is 330 g/mol.